The number of aromatic amines is 1. The highest BCUT2D eigenvalue weighted by Crippen LogP contribution is 2.31. The second kappa shape index (κ2) is 7.58. The van der Waals surface area contributed by atoms with Crippen molar-refractivity contribution in [3.05, 3.63) is 52.7 Å². The van der Waals surface area contributed by atoms with Crippen LogP contribution in [0.4, 0.5) is 0 Å². The first-order chi connectivity index (χ1) is 11.0. The average molecular weight is 313 g/mol. The molecule has 0 unspecified atom stereocenters. The molecule has 122 valence electrons. The zero-order chi connectivity index (χ0) is 16.8. The van der Waals surface area contributed by atoms with Crippen molar-refractivity contribution in [1.82, 2.24) is 4.98 Å². The molecule has 1 aromatic heterocycles. The molecule has 0 amide bonds. The molecule has 0 atom stereocenters. The summed E-state index contributed by atoms with van der Waals surface area (Å²) in [5.41, 5.74) is 3.88. The Morgan fingerprint density at radius 2 is 1.83 bits per heavy atom. The molecule has 0 bridgehead atoms. The maximum atomic E-state index is 10.3. The maximum Gasteiger partial charge on any atom is 0.191 e. The van der Waals surface area contributed by atoms with Crippen molar-refractivity contribution in [2.24, 2.45) is 0 Å². The molecule has 0 aliphatic rings. The van der Waals surface area contributed by atoms with Gasteiger partial charge in [-0.1, -0.05) is 23.8 Å². The summed E-state index contributed by atoms with van der Waals surface area (Å²) in [6.07, 6.45) is 8.45. The van der Waals surface area contributed by atoms with E-state index in [9.17, 15) is 5.11 Å². The van der Waals surface area contributed by atoms with Crippen molar-refractivity contribution >= 4 is 12.2 Å². The van der Waals surface area contributed by atoms with Crippen LogP contribution < -0.4 is 9.47 Å². The van der Waals surface area contributed by atoms with Crippen LogP contribution in [0.1, 0.15) is 30.5 Å². The van der Waals surface area contributed by atoms with Gasteiger partial charge in [-0.05, 0) is 43.5 Å². The van der Waals surface area contributed by atoms with Gasteiger partial charge in [-0.15, -0.1) is 0 Å². The minimum atomic E-state index is 0.244. The van der Waals surface area contributed by atoms with Crippen molar-refractivity contribution in [2.75, 3.05) is 14.2 Å². The number of rotatable bonds is 6. The van der Waals surface area contributed by atoms with Gasteiger partial charge in [-0.3, -0.25) is 0 Å². The van der Waals surface area contributed by atoms with Gasteiger partial charge >= 0.3 is 0 Å². The van der Waals surface area contributed by atoms with E-state index in [2.05, 4.69) is 11.1 Å². The molecule has 2 N–H and O–H groups in total. The molecule has 4 nitrogen and oxygen atoms in total. The molecule has 0 saturated carbocycles. The number of nitrogens with one attached hydrogen (secondary N) is 1. The van der Waals surface area contributed by atoms with Gasteiger partial charge in [-0.25, -0.2) is 0 Å². The number of hydrogen-bond acceptors (Lipinski definition) is 3. The van der Waals surface area contributed by atoms with Crippen LogP contribution in [0.25, 0.3) is 12.2 Å². The van der Waals surface area contributed by atoms with Gasteiger partial charge in [0.25, 0.3) is 0 Å². The van der Waals surface area contributed by atoms with Gasteiger partial charge in [0.15, 0.2) is 5.88 Å². The second-order valence-electron chi connectivity index (χ2n) is 5.54. The summed E-state index contributed by atoms with van der Waals surface area (Å²) in [6, 6.07) is 5.57. The molecule has 0 aliphatic heterocycles. The lowest BCUT2D eigenvalue weighted by Crippen LogP contribution is -1.93. The Kier molecular flexibility index (Phi) is 5.52. The van der Waals surface area contributed by atoms with E-state index in [-0.39, 0.29) is 5.75 Å². The van der Waals surface area contributed by atoms with Crippen LogP contribution in [0.15, 0.2) is 36.0 Å². The first-order valence-corrected chi connectivity index (χ1v) is 7.47. The Balaban J connectivity index is 2.26. The number of aromatic hydroxyl groups is 1. The summed E-state index contributed by atoms with van der Waals surface area (Å²) in [4.78, 5) is 3.01. The number of methoxy groups -OCH3 is 2. The van der Waals surface area contributed by atoms with Crippen LogP contribution in [0.2, 0.25) is 0 Å². The van der Waals surface area contributed by atoms with E-state index in [1.165, 1.54) is 5.57 Å². The summed E-state index contributed by atoms with van der Waals surface area (Å²) >= 11 is 0. The predicted octanol–water partition coefficient (Wildman–Crippen LogP) is 4.42. The van der Waals surface area contributed by atoms with Crippen molar-refractivity contribution < 1.29 is 14.6 Å². The topological polar surface area (TPSA) is 54.5 Å². The summed E-state index contributed by atoms with van der Waals surface area (Å²) in [6.45, 7) is 4.07. The van der Waals surface area contributed by atoms with Gasteiger partial charge in [-0.2, -0.15) is 0 Å². The Bertz CT molecular complexity index is 722. The SMILES string of the molecule is COc1cc(/C=C/c2cc(O)c(CC=C(C)C)c(OC)c2)c[nH]1. The van der Waals surface area contributed by atoms with E-state index in [0.717, 1.165) is 16.7 Å². The average Bonchev–Trinajstić information content (AvgIpc) is 2.99. The number of ether oxygens (including phenoxy) is 2. The Morgan fingerprint density at radius 3 is 2.43 bits per heavy atom. The molecule has 0 saturated heterocycles. The van der Waals surface area contributed by atoms with Gasteiger partial charge in [0.05, 0.1) is 14.2 Å². The van der Waals surface area contributed by atoms with Crippen molar-refractivity contribution in [3.63, 3.8) is 0 Å². The molecule has 1 heterocycles. The highest BCUT2D eigenvalue weighted by Gasteiger charge is 2.09. The largest absolute Gasteiger partial charge is 0.507 e. The van der Waals surface area contributed by atoms with Gasteiger partial charge < -0.3 is 19.6 Å². The predicted molar refractivity (Wildman–Crippen MR) is 94.1 cm³/mol. The highest BCUT2D eigenvalue weighted by molar-refractivity contribution is 5.72. The van der Waals surface area contributed by atoms with E-state index in [0.29, 0.717) is 18.1 Å². The first kappa shape index (κ1) is 16.7. The number of phenols is 1. The first-order valence-electron chi connectivity index (χ1n) is 7.47. The number of phenolic OH excluding ortho intramolecular Hbond substituents is 1. The smallest absolute Gasteiger partial charge is 0.191 e. The number of aromatic nitrogens is 1. The standard InChI is InChI=1S/C19H23NO3/c1-13(2)5-8-16-17(21)9-14(10-18(16)22-3)6-7-15-11-19(23-4)20-12-15/h5-7,9-12,20-21H,8H2,1-4H3/b7-6+. The summed E-state index contributed by atoms with van der Waals surface area (Å²) in [5.74, 6) is 1.64. The highest BCUT2D eigenvalue weighted by atomic mass is 16.5. The molecular formula is C19H23NO3. The molecule has 0 fully saturated rings. The Labute approximate surface area is 137 Å². The van der Waals surface area contributed by atoms with E-state index in [1.54, 1.807) is 20.3 Å². The lowest BCUT2D eigenvalue weighted by Gasteiger charge is -2.10. The van der Waals surface area contributed by atoms with E-state index < -0.39 is 0 Å². The molecule has 2 rings (SSSR count). The maximum absolute atomic E-state index is 10.3. The third-order valence-electron chi connectivity index (χ3n) is 3.51. The van der Waals surface area contributed by atoms with Crippen molar-refractivity contribution in [1.29, 1.82) is 0 Å². The summed E-state index contributed by atoms with van der Waals surface area (Å²) < 4.78 is 10.5. The number of H-pyrrole nitrogens is 1. The van der Waals surface area contributed by atoms with Crippen molar-refractivity contribution in [2.45, 2.75) is 20.3 Å². The van der Waals surface area contributed by atoms with E-state index >= 15 is 0 Å². The molecule has 1 aromatic carbocycles. The van der Waals surface area contributed by atoms with Crippen molar-refractivity contribution in [3.8, 4) is 17.4 Å². The van der Waals surface area contributed by atoms with Crippen LogP contribution in [-0.2, 0) is 6.42 Å². The summed E-state index contributed by atoms with van der Waals surface area (Å²) in [5, 5.41) is 10.3. The third kappa shape index (κ3) is 4.42. The fourth-order valence-electron chi connectivity index (χ4n) is 2.24. The second-order valence-corrected chi connectivity index (χ2v) is 5.54. The van der Waals surface area contributed by atoms with E-state index in [1.807, 2.05) is 44.3 Å². The zero-order valence-corrected chi connectivity index (χ0v) is 14.0. The number of benzene rings is 1. The molecule has 0 aliphatic carbocycles. The summed E-state index contributed by atoms with van der Waals surface area (Å²) in [7, 11) is 3.23. The Morgan fingerprint density at radius 1 is 1.09 bits per heavy atom. The molecule has 23 heavy (non-hydrogen) atoms. The van der Waals surface area contributed by atoms with Crippen LogP contribution in [0.3, 0.4) is 0 Å². The van der Waals surface area contributed by atoms with Crippen LogP contribution >= 0.6 is 0 Å². The molecule has 0 spiro atoms. The fraction of sp³-hybridized carbons (Fsp3) is 0.263. The van der Waals surface area contributed by atoms with Gasteiger partial charge in [0.2, 0.25) is 0 Å². The minimum Gasteiger partial charge on any atom is -0.507 e. The monoisotopic (exact) mass is 313 g/mol. The minimum absolute atomic E-state index is 0.244. The molecule has 2 aromatic rings. The lowest BCUT2D eigenvalue weighted by molar-refractivity contribution is 0.400. The molecular weight excluding hydrogens is 290 g/mol. The molecule has 4 heteroatoms. The van der Waals surface area contributed by atoms with E-state index in [4.69, 9.17) is 9.47 Å². The third-order valence-corrected chi connectivity index (χ3v) is 3.51. The van der Waals surface area contributed by atoms with Gasteiger partial charge in [0, 0.05) is 17.8 Å². The van der Waals surface area contributed by atoms with Crippen LogP contribution in [0.5, 0.6) is 17.4 Å². The number of hydrogen-bond donors (Lipinski definition) is 2. The number of allylic oxidation sites excluding steroid dienone is 2. The fourth-order valence-corrected chi connectivity index (χ4v) is 2.24. The van der Waals surface area contributed by atoms with Crippen LogP contribution in [0, 0.1) is 0 Å². The lowest BCUT2D eigenvalue weighted by atomic mass is 10.0. The normalized spacial score (nSPS) is 10.8. The Hall–Kier alpha value is -2.62. The molecule has 0 radical (unpaired) electrons. The zero-order valence-electron chi connectivity index (χ0n) is 14.0. The van der Waals surface area contributed by atoms with Crippen LogP contribution in [-0.4, -0.2) is 24.3 Å². The van der Waals surface area contributed by atoms with Gasteiger partial charge in [0.1, 0.15) is 11.5 Å². The quantitative estimate of drug-likeness (QED) is 0.776.